The summed E-state index contributed by atoms with van der Waals surface area (Å²) in [5, 5.41) is 11.2. The first-order chi connectivity index (χ1) is 12.5. The number of nitrogens with one attached hydrogen (secondary N) is 1. The van der Waals surface area contributed by atoms with Crippen LogP contribution in [0.5, 0.6) is 5.75 Å². The third-order valence-electron chi connectivity index (χ3n) is 4.25. The molecule has 3 aromatic rings. The minimum Gasteiger partial charge on any atom is -0.497 e. The van der Waals surface area contributed by atoms with Gasteiger partial charge in [0.1, 0.15) is 17.8 Å². The molecule has 0 saturated heterocycles. The Kier molecular flexibility index (Phi) is 4.97. The number of aromatic nitrogens is 3. The van der Waals surface area contributed by atoms with E-state index in [2.05, 4.69) is 15.6 Å². The number of rotatable bonds is 5. The van der Waals surface area contributed by atoms with Gasteiger partial charge in [-0.05, 0) is 43.2 Å². The fraction of sp³-hybridized carbons (Fsp3) is 0.263. The molecule has 0 bridgehead atoms. The van der Waals surface area contributed by atoms with Crippen LogP contribution >= 0.6 is 0 Å². The Morgan fingerprint density at radius 2 is 1.96 bits per heavy atom. The van der Waals surface area contributed by atoms with Crippen LogP contribution in [0.15, 0.2) is 47.3 Å². The lowest BCUT2D eigenvalue weighted by Gasteiger charge is -2.15. The molecule has 1 amide bonds. The van der Waals surface area contributed by atoms with Gasteiger partial charge >= 0.3 is 0 Å². The molecular formula is C19H20N4O3. The highest BCUT2D eigenvalue weighted by Gasteiger charge is 2.14. The van der Waals surface area contributed by atoms with Crippen molar-refractivity contribution < 1.29 is 9.53 Å². The molecule has 0 aliphatic carbocycles. The van der Waals surface area contributed by atoms with Crippen LogP contribution in [0.3, 0.4) is 0 Å². The van der Waals surface area contributed by atoms with Gasteiger partial charge in [-0.15, -0.1) is 5.10 Å². The number of hydrogen-bond acceptors (Lipinski definition) is 5. The highest BCUT2D eigenvalue weighted by Crippen LogP contribution is 2.17. The zero-order valence-electron chi connectivity index (χ0n) is 14.9. The maximum absolute atomic E-state index is 12.6. The summed E-state index contributed by atoms with van der Waals surface area (Å²) in [6, 6.07) is 12.6. The molecule has 26 heavy (non-hydrogen) atoms. The molecular weight excluding hydrogens is 332 g/mol. The second kappa shape index (κ2) is 7.35. The molecule has 1 heterocycles. The van der Waals surface area contributed by atoms with Crippen LogP contribution in [-0.2, 0) is 11.3 Å². The second-order valence-electron chi connectivity index (χ2n) is 6.08. The smallest absolute Gasteiger partial charge is 0.278 e. The lowest BCUT2D eigenvalue weighted by Crippen LogP contribution is -2.35. The lowest BCUT2D eigenvalue weighted by molar-refractivity contribution is -0.122. The molecule has 0 saturated carbocycles. The van der Waals surface area contributed by atoms with Gasteiger partial charge in [0.05, 0.1) is 18.5 Å². The van der Waals surface area contributed by atoms with Crippen molar-refractivity contribution >= 4 is 16.8 Å². The van der Waals surface area contributed by atoms with Crippen molar-refractivity contribution in [3.05, 3.63) is 63.9 Å². The second-order valence-corrected chi connectivity index (χ2v) is 6.08. The maximum Gasteiger partial charge on any atom is 0.278 e. The Morgan fingerprint density at radius 3 is 2.65 bits per heavy atom. The van der Waals surface area contributed by atoms with Crippen LogP contribution in [0.4, 0.5) is 0 Å². The number of ether oxygens (including phenoxy) is 1. The third kappa shape index (κ3) is 3.56. The predicted octanol–water partition coefficient (Wildman–Crippen LogP) is 1.99. The van der Waals surface area contributed by atoms with Crippen molar-refractivity contribution in [3.8, 4) is 5.75 Å². The zero-order chi connectivity index (χ0) is 18.7. The Labute approximate surface area is 150 Å². The summed E-state index contributed by atoms with van der Waals surface area (Å²) in [6.45, 7) is 3.52. The predicted molar refractivity (Wildman–Crippen MR) is 98.1 cm³/mol. The van der Waals surface area contributed by atoms with Gasteiger partial charge < -0.3 is 10.1 Å². The standard InChI is InChI=1S/C19H20N4O3/c1-12-5-4-6-16-18(12)19(25)23(22-21-16)11-17(24)20-13(2)14-7-9-15(26-3)10-8-14/h4-10,13H,11H2,1-3H3,(H,20,24). The molecule has 1 unspecified atom stereocenters. The van der Waals surface area contributed by atoms with Crippen molar-refractivity contribution in [1.29, 1.82) is 0 Å². The SMILES string of the molecule is COc1ccc(C(C)NC(=O)Cn2nnc3cccc(C)c3c2=O)cc1. The van der Waals surface area contributed by atoms with E-state index in [9.17, 15) is 9.59 Å². The number of amides is 1. The Hall–Kier alpha value is -3.22. The number of methoxy groups -OCH3 is 1. The summed E-state index contributed by atoms with van der Waals surface area (Å²) in [6.07, 6.45) is 0. The van der Waals surface area contributed by atoms with E-state index < -0.39 is 0 Å². The van der Waals surface area contributed by atoms with E-state index in [4.69, 9.17) is 4.74 Å². The molecule has 134 valence electrons. The Balaban J connectivity index is 1.75. The Morgan fingerprint density at radius 1 is 1.23 bits per heavy atom. The quantitative estimate of drug-likeness (QED) is 0.759. The number of nitrogens with zero attached hydrogens (tertiary/aromatic N) is 3. The average molecular weight is 352 g/mol. The first-order valence-corrected chi connectivity index (χ1v) is 8.26. The number of carbonyl (C=O) groups excluding carboxylic acids is 1. The number of aryl methyl sites for hydroxylation is 1. The van der Waals surface area contributed by atoms with E-state index in [1.807, 2.05) is 50.2 Å². The molecule has 1 atom stereocenters. The first kappa shape index (κ1) is 17.6. The van der Waals surface area contributed by atoms with E-state index in [1.54, 1.807) is 13.2 Å². The van der Waals surface area contributed by atoms with Crippen LogP contribution < -0.4 is 15.6 Å². The molecule has 7 heteroatoms. The summed E-state index contributed by atoms with van der Waals surface area (Å²) in [5.41, 5.74) is 1.95. The lowest BCUT2D eigenvalue weighted by atomic mass is 10.1. The van der Waals surface area contributed by atoms with Gasteiger partial charge in [0, 0.05) is 0 Å². The van der Waals surface area contributed by atoms with Gasteiger partial charge in [-0.1, -0.05) is 29.5 Å². The van der Waals surface area contributed by atoms with Gasteiger partial charge in [0.15, 0.2) is 0 Å². The molecule has 2 aromatic carbocycles. The van der Waals surface area contributed by atoms with Crippen molar-refractivity contribution in [2.24, 2.45) is 0 Å². The average Bonchev–Trinajstić information content (AvgIpc) is 2.64. The molecule has 0 aliphatic rings. The van der Waals surface area contributed by atoms with E-state index in [0.29, 0.717) is 10.9 Å². The van der Waals surface area contributed by atoms with Crippen molar-refractivity contribution in [3.63, 3.8) is 0 Å². The molecule has 0 aliphatic heterocycles. The number of carbonyl (C=O) groups is 1. The third-order valence-corrected chi connectivity index (χ3v) is 4.25. The zero-order valence-corrected chi connectivity index (χ0v) is 14.9. The molecule has 1 N–H and O–H groups in total. The maximum atomic E-state index is 12.6. The summed E-state index contributed by atoms with van der Waals surface area (Å²) >= 11 is 0. The summed E-state index contributed by atoms with van der Waals surface area (Å²) in [4.78, 5) is 24.9. The van der Waals surface area contributed by atoms with Crippen LogP contribution in [-0.4, -0.2) is 28.0 Å². The molecule has 0 radical (unpaired) electrons. The molecule has 0 spiro atoms. The summed E-state index contributed by atoms with van der Waals surface area (Å²) in [5.74, 6) is 0.443. The molecule has 1 aromatic heterocycles. The summed E-state index contributed by atoms with van der Waals surface area (Å²) < 4.78 is 6.22. The van der Waals surface area contributed by atoms with Gasteiger partial charge in [-0.3, -0.25) is 9.59 Å². The van der Waals surface area contributed by atoms with E-state index in [-0.39, 0.29) is 24.1 Å². The highest BCUT2D eigenvalue weighted by atomic mass is 16.5. The largest absolute Gasteiger partial charge is 0.497 e. The number of hydrogen-bond donors (Lipinski definition) is 1. The van der Waals surface area contributed by atoms with Crippen LogP contribution in [0.2, 0.25) is 0 Å². The van der Waals surface area contributed by atoms with Crippen LogP contribution in [0, 0.1) is 6.92 Å². The summed E-state index contributed by atoms with van der Waals surface area (Å²) in [7, 11) is 1.60. The van der Waals surface area contributed by atoms with Gasteiger partial charge in [0.25, 0.3) is 5.56 Å². The molecule has 3 rings (SSSR count). The van der Waals surface area contributed by atoms with E-state index in [0.717, 1.165) is 21.6 Å². The normalized spacial score (nSPS) is 12.0. The molecule has 0 fully saturated rings. The van der Waals surface area contributed by atoms with Crippen LogP contribution in [0.25, 0.3) is 10.9 Å². The van der Waals surface area contributed by atoms with Crippen molar-refractivity contribution in [1.82, 2.24) is 20.3 Å². The fourth-order valence-electron chi connectivity index (χ4n) is 2.79. The van der Waals surface area contributed by atoms with E-state index in [1.165, 1.54) is 0 Å². The topological polar surface area (TPSA) is 86.1 Å². The minimum atomic E-state index is -0.319. The first-order valence-electron chi connectivity index (χ1n) is 8.26. The van der Waals surface area contributed by atoms with Gasteiger partial charge in [-0.2, -0.15) is 0 Å². The fourth-order valence-corrected chi connectivity index (χ4v) is 2.79. The molecule has 7 nitrogen and oxygen atoms in total. The highest BCUT2D eigenvalue weighted by molar-refractivity contribution is 5.81. The minimum absolute atomic E-state index is 0.184. The van der Waals surface area contributed by atoms with Crippen LogP contribution in [0.1, 0.15) is 24.1 Å². The van der Waals surface area contributed by atoms with Crippen molar-refractivity contribution in [2.75, 3.05) is 7.11 Å². The van der Waals surface area contributed by atoms with E-state index >= 15 is 0 Å². The van der Waals surface area contributed by atoms with Crippen molar-refractivity contribution in [2.45, 2.75) is 26.4 Å². The Bertz CT molecular complexity index is 996. The number of fused-ring (bicyclic) bond motifs is 1. The van der Waals surface area contributed by atoms with Gasteiger partial charge in [0.2, 0.25) is 5.91 Å². The number of benzene rings is 2. The monoisotopic (exact) mass is 352 g/mol. The van der Waals surface area contributed by atoms with Gasteiger partial charge in [-0.25, -0.2) is 4.68 Å².